The van der Waals surface area contributed by atoms with Crippen molar-refractivity contribution >= 4 is 11.7 Å². The van der Waals surface area contributed by atoms with E-state index in [1.54, 1.807) is 10.9 Å². The number of benzene rings is 1. The average molecular weight is 307 g/mol. The number of rotatable bonds is 3. The summed E-state index contributed by atoms with van der Waals surface area (Å²) in [6.45, 7) is 2.49. The first kappa shape index (κ1) is 14.5. The summed E-state index contributed by atoms with van der Waals surface area (Å²) in [4.78, 5) is 11.8. The van der Waals surface area contributed by atoms with Crippen molar-refractivity contribution in [3.8, 4) is 5.75 Å². The Balaban J connectivity index is 2.13. The van der Waals surface area contributed by atoms with E-state index in [4.69, 9.17) is 4.74 Å². The molecule has 0 aliphatic carbocycles. The fourth-order valence-electron chi connectivity index (χ4n) is 2.70. The zero-order valence-corrected chi connectivity index (χ0v) is 12.2. The summed E-state index contributed by atoms with van der Waals surface area (Å²) in [5, 5.41) is 6.84. The number of halogens is 2. The van der Waals surface area contributed by atoms with Crippen LogP contribution in [-0.2, 0) is 11.3 Å². The van der Waals surface area contributed by atoms with Crippen LogP contribution in [0.25, 0.3) is 0 Å². The number of amides is 1. The zero-order valence-electron chi connectivity index (χ0n) is 12.2. The van der Waals surface area contributed by atoms with E-state index in [9.17, 15) is 13.6 Å². The van der Waals surface area contributed by atoms with Gasteiger partial charge in [-0.15, -0.1) is 0 Å². The Hall–Kier alpha value is -2.44. The Morgan fingerprint density at radius 2 is 2.09 bits per heavy atom. The van der Waals surface area contributed by atoms with Crippen molar-refractivity contribution in [1.29, 1.82) is 0 Å². The number of nitrogens with zero attached hydrogens (tertiary/aromatic N) is 2. The first-order valence-electron chi connectivity index (χ1n) is 6.93. The van der Waals surface area contributed by atoms with Crippen LogP contribution in [0, 0.1) is 11.6 Å². The molecule has 0 fully saturated rings. The molecule has 1 N–H and O–H groups in total. The number of anilines is 1. The van der Waals surface area contributed by atoms with Crippen LogP contribution in [-0.4, -0.2) is 22.8 Å². The van der Waals surface area contributed by atoms with Crippen molar-refractivity contribution in [1.82, 2.24) is 9.78 Å². The molecule has 0 spiro atoms. The number of nitrogens with one attached hydrogen (secondary N) is 1. The number of carbonyl (C=O) groups is 1. The third kappa shape index (κ3) is 2.32. The maximum absolute atomic E-state index is 14.3. The lowest BCUT2D eigenvalue weighted by Gasteiger charge is -2.23. The molecule has 22 heavy (non-hydrogen) atoms. The summed E-state index contributed by atoms with van der Waals surface area (Å²) < 4.78 is 35.1. The topological polar surface area (TPSA) is 56.2 Å². The van der Waals surface area contributed by atoms with Gasteiger partial charge in [0.25, 0.3) is 0 Å². The van der Waals surface area contributed by atoms with E-state index in [2.05, 4.69) is 10.4 Å². The van der Waals surface area contributed by atoms with Gasteiger partial charge in [0.05, 0.1) is 7.11 Å². The summed E-state index contributed by atoms with van der Waals surface area (Å²) >= 11 is 0. The van der Waals surface area contributed by atoms with Gasteiger partial charge in [-0.05, 0) is 6.92 Å². The maximum atomic E-state index is 14.3. The molecule has 0 saturated carbocycles. The molecule has 1 aromatic carbocycles. The molecule has 116 valence electrons. The summed E-state index contributed by atoms with van der Waals surface area (Å²) in [7, 11) is 1.34. The largest absolute Gasteiger partial charge is 0.497 e. The molecular formula is C15H15F2N3O2. The third-order valence-corrected chi connectivity index (χ3v) is 3.77. The normalized spacial score (nSPS) is 17.1. The molecular weight excluding hydrogens is 292 g/mol. The van der Waals surface area contributed by atoms with Gasteiger partial charge in [-0.1, -0.05) is 0 Å². The van der Waals surface area contributed by atoms with Crippen LogP contribution in [0.15, 0.2) is 18.3 Å². The quantitative estimate of drug-likeness (QED) is 0.948. The van der Waals surface area contributed by atoms with E-state index in [1.165, 1.54) is 7.11 Å². The van der Waals surface area contributed by atoms with Crippen LogP contribution in [0.1, 0.15) is 30.4 Å². The molecule has 0 radical (unpaired) electrons. The number of fused-ring (bicyclic) bond motifs is 1. The smallest absolute Gasteiger partial charge is 0.226 e. The molecule has 7 heteroatoms. The monoisotopic (exact) mass is 307 g/mol. The highest BCUT2D eigenvalue weighted by molar-refractivity contribution is 5.94. The SMILES string of the molecule is CCn1cc2c(n1)NC(=O)CC2c1c(F)cc(OC)cc1F. The molecule has 1 aliphatic heterocycles. The van der Waals surface area contributed by atoms with Crippen LogP contribution in [0.3, 0.4) is 0 Å². The van der Waals surface area contributed by atoms with E-state index in [1.807, 2.05) is 6.92 Å². The second-order valence-electron chi connectivity index (χ2n) is 5.10. The van der Waals surface area contributed by atoms with E-state index < -0.39 is 17.6 Å². The van der Waals surface area contributed by atoms with Gasteiger partial charge in [0.15, 0.2) is 5.82 Å². The molecule has 0 saturated heterocycles. The van der Waals surface area contributed by atoms with Crippen LogP contribution >= 0.6 is 0 Å². The van der Waals surface area contributed by atoms with Gasteiger partial charge < -0.3 is 10.1 Å². The standard InChI is InChI=1S/C15H15F2N3O2/c1-3-20-7-10-9(6-13(21)18-15(10)19-20)14-11(16)4-8(22-2)5-12(14)17/h4-5,7,9H,3,6H2,1-2H3,(H,18,19,21). The average Bonchev–Trinajstić information content (AvgIpc) is 2.89. The van der Waals surface area contributed by atoms with Gasteiger partial charge in [-0.2, -0.15) is 5.10 Å². The minimum Gasteiger partial charge on any atom is -0.497 e. The highest BCUT2D eigenvalue weighted by Crippen LogP contribution is 2.39. The fraction of sp³-hybridized carbons (Fsp3) is 0.333. The molecule has 1 aromatic heterocycles. The molecule has 0 bridgehead atoms. The maximum Gasteiger partial charge on any atom is 0.226 e. The van der Waals surface area contributed by atoms with Gasteiger partial charge in [0.1, 0.15) is 17.4 Å². The third-order valence-electron chi connectivity index (χ3n) is 3.77. The van der Waals surface area contributed by atoms with E-state index in [-0.39, 0.29) is 23.6 Å². The number of hydrogen-bond donors (Lipinski definition) is 1. The molecule has 5 nitrogen and oxygen atoms in total. The zero-order chi connectivity index (χ0) is 15.9. The Bertz CT molecular complexity index is 719. The Morgan fingerprint density at radius 3 is 2.68 bits per heavy atom. The van der Waals surface area contributed by atoms with E-state index in [0.29, 0.717) is 17.9 Å². The van der Waals surface area contributed by atoms with Crippen LogP contribution < -0.4 is 10.1 Å². The second-order valence-corrected chi connectivity index (χ2v) is 5.10. The molecule has 2 heterocycles. The molecule has 1 atom stereocenters. The molecule has 1 amide bonds. The van der Waals surface area contributed by atoms with Crippen molar-refractivity contribution in [3.05, 3.63) is 41.1 Å². The number of aryl methyl sites for hydroxylation is 1. The predicted molar refractivity (Wildman–Crippen MR) is 75.9 cm³/mol. The van der Waals surface area contributed by atoms with Crippen molar-refractivity contribution < 1.29 is 18.3 Å². The van der Waals surface area contributed by atoms with Crippen molar-refractivity contribution in [3.63, 3.8) is 0 Å². The van der Waals surface area contributed by atoms with E-state index >= 15 is 0 Å². The van der Waals surface area contributed by atoms with Crippen LogP contribution in [0.2, 0.25) is 0 Å². The Morgan fingerprint density at radius 1 is 1.41 bits per heavy atom. The van der Waals surface area contributed by atoms with Gasteiger partial charge in [0.2, 0.25) is 5.91 Å². The number of methoxy groups -OCH3 is 1. The minimum atomic E-state index is -0.730. The summed E-state index contributed by atoms with van der Waals surface area (Å²) in [5.41, 5.74) is 0.483. The summed E-state index contributed by atoms with van der Waals surface area (Å²) in [5.74, 6) is -2.01. The minimum absolute atomic E-state index is 0.0252. The van der Waals surface area contributed by atoms with Crippen LogP contribution in [0.5, 0.6) is 5.75 Å². The highest BCUT2D eigenvalue weighted by Gasteiger charge is 2.33. The molecule has 2 aromatic rings. The first-order valence-corrected chi connectivity index (χ1v) is 6.93. The fourth-order valence-corrected chi connectivity index (χ4v) is 2.70. The van der Waals surface area contributed by atoms with Gasteiger partial charge in [-0.3, -0.25) is 9.48 Å². The van der Waals surface area contributed by atoms with Crippen molar-refractivity contribution in [2.75, 3.05) is 12.4 Å². The molecule has 1 aliphatic rings. The van der Waals surface area contributed by atoms with Gasteiger partial charge in [0, 0.05) is 48.3 Å². The second kappa shape index (κ2) is 5.40. The predicted octanol–water partition coefficient (Wildman–Crippen LogP) is 2.66. The first-order chi connectivity index (χ1) is 10.5. The van der Waals surface area contributed by atoms with Crippen molar-refractivity contribution in [2.24, 2.45) is 0 Å². The highest BCUT2D eigenvalue weighted by atomic mass is 19.1. The lowest BCUT2D eigenvalue weighted by Crippen LogP contribution is -2.24. The lowest BCUT2D eigenvalue weighted by molar-refractivity contribution is -0.116. The Kier molecular flexibility index (Phi) is 3.56. The number of carbonyl (C=O) groups excluding carboxylic acids is 1. The van der Waals surface area contributed by atoms with E-state index in [0.717, 1.165) is 12.1 Å². The summed E-state index contributed by atoms with van der Waals surface area (Å²) in [6.07, 6.45) is 1.69. The van der Waals surface area contributed by atoms with Gasteiger partial charge >= 0.3 is 0 Å². The number of hydrogen-bond acceptors (Lipinski definition) is 3. The lowest BCUT2D eigenvalue weighted by atomic mass is 9.86. The summed E-state index contributed by atoms with van der Waals surface area (Å²) in [6, 6.07) is 2.24. The number of aromatic nitrogens is 2. The van der Waals surface area contributed by atoms with Crippen molar-refractivity contribution in [2.45, 2.75) is 25.8 Å². The molecule has 1 unspecified atom stereocenters. The van der Waals surface area contributed by atoms with Gasteiger partial charge in [-0.25, -0.2) is 8.78 Å². The Labute approximate surface area is 125 Å². The van der Waals surface area contributed by atoms with Crippen LogP contribution in [0.4, 0.5) is 14.6 Å². The number of ether oxygens (including phenoxy) is 1. The molecule has 3 rings (SSSR count).